The van der Waals surface area contributed by atoms with Crippen molar-refractivity contribution in [3.8, 4) is 22.5 Å². The molecule has 0 radical (unpaired) electrons. The van der Waals surface area contributed by atoms with Gasteiger partial charge in [0.2, 0.25) is 0 Å². The summed E-state index contributed by atoms with van der Waals surface area (Å²) in [5.74, 6) is 0. The maximum atomic E-state index is 4.82. The van der Waals surface area contributed by atoms with Crippen LogP contribution in [0.5, 0.6) is 0 Å². The van der Waals surface area contributed by atoms with Gasteiger partial charge >= 0.3 is 0 Å². The van der Waals surface area contributed by atoms with Crippen LogP contribution in [0.15, 0.2) is 83.2 Å². The molecule has 2 heterocycles. The Labute approximate surface area is 197 Å². The van der Waals surface area contributed by atoms with E-state index in [1.165, 1.54) is 28.0 Å². The predicted octanol–water partition coefficient (Wildman–Crippen LogP) is 7.86. The summed E-state index contributed by atoms with van der Waals surface area (Å²) in [6, 6.07) is 19.1. The second-order valence-electron chi connectivity index (χ2n) is 8.34. The van der Waals surface area contributed by atoms with Gasteiger partial charge in [0.1, 0.15) is 0 Å². The minimum Gasteiger partial charge on any atom is -0.283 e. The molecule has 4 rings (SSSR count). The van der Waals surface area contributed by atoms with E-state index in [1.54, 1.807) is 11.8 Å². The molecule has 1 aliphatic heterocycles. The maximum Gasteiger partial charge on any atom is 0.0929 e. The van der Waals surface area contributed by atoms with Crippen molar-refractivity contribution in [2.75, 3.05) is 6.54 Å². The number of hydrogen-bond acceptors (Lipinski definition) is 3. The van der Waals surface area contributed by atoms with Gasteiger partial charge in [0.15, 0.2) is 0 Å². The molecule has 0 aliphatic carbocycles. The molecule has 1 aliphatic rings. The highest BCUT2D eigenvalue weighted by Crippen LogP contribution is 2.28. The molecule has 0 bridgehead atoms. The maximum absolute atomic E-state index is 4.82. The highest BCUT2D eigenvalue weighted by molar-refractivity contribution is 8.17. The molecule has 0 atom stereocenters. The summed E-state index contributed by atoms with van der Waals surface area (Å²) in [7, 11) is 0. The molecule has 3 nitrogen and oxygen atoms in total. The largest absolute Gasteiger partial charge is 0.283 e. The van der Waals surface area contributed by atoms with Crippen LogP contribution < -0.4 is 0 Å². The van der Waals surface area contributed by atoms with Gasteiger partial charge in [-0.25, -0.2) is 0 Å². The highest BCUT2D eigenvalue weighted by Gasteiger charge is 2.12. The molecule has 1 aromatic heterocycles. The quantitative estimate of drug-likeness (QED) is 0.384. The number of benzene rings is 2. The number of aryl methyl sites for hydroxylation is 2. The fourth-order valence-electron chi connectivity index (χ4n) is 3.48. The Morgan fingerprint density at radius 1 is 1.00 bits per heavy atom. The summed E-state index contributed by atoms with van der Waals surface area (Å²) < 4.78 is 2.04. The van der Waals surface area contributed by atoms with Crippen LogP contribution in [0.1, 0.15) is 37.8 Å². The van der Waals surface area contributed by atoms with Crippen molar-refractivity contribution in [3.05, 3.63) is 89.4 Å². The smallest absolute Gasteiger partial charge is 0.0929 e. The normalized spacial score (nSPS) is 13.6. The van der Waals surface area contributed by atoms with Crippen LogP contribution in [-0.2, 0) is 6.54 Å². The van der Waals surface area contributed by atoms with Crippen molar-refractivity contribution in [2.45, 2.75) is 47.1 Å². The second-order valence-corrected chi connectivity index (χ2v) is 9.71. The Kier molecular flexibility index (Phi) is 8.29. The van der Waals surface area contributed by atoms with E-state index in [4.69, 9.17) is 5.10 Å². The van der Waals surface area contributed by atoms with E-state index in [9.17, 15) is 0 Å². The molecule has 0 unspecified atom stereocenters. The van der Waals surface area contributed by atoms with Crippen LogP contribution in [0.4, 0.5) is 0 Å². The zero-order valence-corrected chi connectivity index (χ0v) is 20.5. The van der Waals surface area contributed by atoms with Crippen LogP contribution >= 0.6 is 11.8 Å². The number of thioether (sulfide) groups is 1. The number of rotatable bonds is 4. The summed E-state index contributed by atoms with van der Waals surface area (Å²) in [6.45, 7) is 18.0. The van der Waals surface area contributed by atoms with Crippen molar-refractivity contribution < 1.29 is 0 Å². The van der Waals surface area contributed by atoms with Gasteiger partial charge in [-0.3, -0.25) is 9.67 Å². The summed E-state index contributed by atoms with van der Waals surface area (Å²) in [6.07, 6.45) is 2.30. The standard InChI is InChI=1S/C21H22N2.C7H11NS/c1-15(2)14-23-21(18-8-6-5-7-9-18)13-20(22-23)19-11-10-16(3)17(4)12-19;1-6-4-3-5-8-7(2)9-6/h5-13H,1,14H2,2-4H3;1,3-5H2,2H3. The molecule has 32 heavy (non-hydrogen) atoms. The third kappa shape index (κ3) is 6.57. The second kappa shape index (κ2) is 11.1. The Morgan fingerprint density at radius 3 is 2.44 bits per heavy atom. The average molecular weight is 444 g/mol. The van der Waals surface area contributed by atoms with Crippen LogP contribution in [-0.4, -0.2) is 21.4 Å². The Hall–Kier alpha value is -2.85. The first-order valence-corrected chi connectivity index (χ1v) is 11.9. The van der Waals surface area contributed by atoms with Gasteiger partial charge in [-0.05, 0) is 74.3 Å². The minimum absolute atomic E-state index is 0.731. The topological polar surface area (TPSA) is 30.2 Å². The van der Waals surface area contributed by atoms with Crippen molar-refractivity contribution in [2.24, 2.45) is 4.99 Å². The van der Waals surface area contributed by atoms with E-state index in [0.29, 0.717) is 0 Å². The number of hydrogen-bond donors (Lipinski definition) is 0. The first-order valence-electron chi connectivity index (χ1n) is 11.1. The van der Waals surface area contributed by atoms with Gasteiger partial charge in [-0.2, -0.15) is 5.10 Å². The van der Waals surface area contributed by atoms with Crippen molar-refractivity contribution >= 4 is 16.8 Å². The average Bonchev–Trinajstić information content (AvgIpc) is 3.07. The van der Waals surface area contributed by atoms with Gasteiger partial charge in [-0.15, -0.1) is 0 Å². The molecule has 3 aromatic rings. The molecule has 2 aromatic carbocycles. The van der Waals surface area contributed by atoms with Crippen LogP contribution in [0.25, 0.3) is 22.5 Å². The number of allylic oxidation sites excluding steroid dienone is 2. The fourth-order valence-corrected chi connectivity index (χ4v) is 4.30. The van der Waals surface area contributed by atoms with Gasteiger partial charge in [-0.1, -0.05) is 73.0 Å². The van der Waals surface area contributed by atoms with E-state index >= 15 is 0 Å². The van der Waals surface area contributed by atoms with E-state index in [2.05, 4.69) is 80.5 Å². The SMILES string of the molecule is C=C(C)Cn1nc(-c2ccc(C)c(C)c2)cc1-c1ccccc1.C=C1CCCN=C(C)S1. The molecule has 0 fully saturated rings. The van der Waals surface area contributed by atoms with Crippen LogP contribution in [0.2, 0.25) is 0 Å². The number of aliphatic imine (C=N–C) groups is 1. The molecular formula is C28H33N3S. The lowest BCUT2D eigenvalue weighted by molar-refractivity contribution is 0.688. The lowest BCUT2D eigenvalue weighted by atomic mass is 10.0. The third-order valence-corrected chi connectivity index (χ3v) is 6.23. The molecule has 0 spiro atoms. The highest BCUT2D eigenvalue weighted by atomic mass is 32.2. The lowest BCUT2D eigenvalue weighted by Gasteiger charge is -2.07. The van der Waals surface area contributed by atoms with Crippen molar-refractivity contribution in [1.82, 2.24) is 9.78 Å². The predicted molar refractivity (Wildman–Crippen MR) is 141 cm³/mol. The van der Waals surface area contributed by atoms with Crippen molar-refractivity contribution in [3.63, 3.8) is 0 Å². The molecule has 4 heteroatoms. The molecule has 166 valence electrons. The summed E-state index contributed by atoms with van der Waals surface area (Å²) in [4.78, 5) is 5.55. The zero-order chi connectivity index (χ0) is 23.1. The first kappa shape index (κ1) is 23.8. The zero-order valence-electron chi connectivity index (χ0n) is 19.7. The monoisotopic (exact) mass is 443 g/mol. The molecular weight excluding hydrogens is 410 g/mol. The molecule has 0 amide bonds. The van der Waals surface area contributed by atoms with Crippen LogP contribution in [0.3, 0.4) is 0 Å². The van der Waals surface area contributed by atoms with E-state index in [1.807, 2.05) is 24.6 Å². The fraction of sp³-hybridized carbons (Fsp3) is 0.286. The molecule has 0 saturated heterocycles. The summed E-state index contributed by atoms with van der Waals surface area (Å²) >= 11 is 1.72. The van der Waals surface area contributed by atoms with Gasteiger partial charge in [0.25, 0.3) is 0 Å². The van der Waals surface area contributed by atoms with E-state index in [-0.39, 0.29) is 0 Å². The van der Waals surface area contributed by atoms with Gasteiger partial charge in [0, 0.05) is 12.1 Å². The van der Waals surface area contributed by atoms with Crippen LogP contribution in [0, 0.1) is 13.8 Å². The third-order valence-electron chi connectivity index (χ3n) is 5.31. The molecule has 0 N–H and O–H groups in total. The van der Waals surface area contributed by atoms with Gasteiger partial charge < -0.3 is 0 Å². The number of aromatic nitrogens is 2. The van der Waals surface area contributed by atoms with Gasteiger partial charge in [0.05, 0.1) is 23.0 Å². The number of nitrogens with zero attached hydrogens (tertiary/aromatic N) is 3. The first-order chi connectivity index (χ1) is 15.3. The molecule has 0 saturated carbocycles. The minimum atomic E-state index is 0.731. The summed E-state index contributed by atoms with van der Waals surface area (Å²) in [5, 5.41) is 5.99. The Morgan fingerprint density at radius 2 is 1.75 bits per heavy atom. The van der Waals surface area contributed by atoms with E-state index in [0.717, 1.165) is 47.1 Å². The Balaban J connectivity index is 0.000000269. The Bertz CT molecular complexity index is 1120. The summed E-state index contributed by atoms with van der Waals surface area (Å²) in [5.41, 5.74) is 8.16. The van der Waals surface area contributed by atoms with E-state index < -0.39 is 0 Å². The van der Waals surface area contributed by atoms with Crippen molar-refractivity contribution in [1.29, 1.82) is 0 Å². The lowest BCUT2D eigenvalue weighted by Crippen LogP contribution is -2.03.